The van der Waals surface area contributed by atoms with Gasteiger partial charge >= 0.3 is 12.6 Å². The largest absolute Gasteiger partial charge is 0.481 e. The van der Waals surface area contributed by atoms with Crippen molar-refractivity contribution in [1.82, 2.24) is 25.4 Å². The fourth-order valence-electron chi connectivity index (χ4n) is 3.23. The standard InChI is InChI=1S/C16H15F2N7O5S4/c17-13(18)30-24-7(6-1-31-14(19)21-6)9(26)22-8-10(27)25-2-16(12(28)29,3-32-11(8)25)4-33-15-23-20-5-34-15/h1,5,8,11,13H,2-4H2,(H2,19,21)(H,22,26)(H,28,29)/t8?,11-,16?/m1/s1. The highest BCUT2D eigenvalue weighted by atomic mass is 32.2. The lowest BCUT2D eigenvalue weighted by Crippen LogP contribution is -2.74. The van der Waals surface area contributed by atoms with Gasteiger partial charge in [-0.15, -0.1) is 33.3 Å². The molecule has 0 aromatic carbocycles. The van der Waals surface area contributed by atoms with Crippen LogP contribution in [-0.4, -0.2) is 84.8 Å². The van der Waals surface area contributed by atoms with E-state index < -0.39 is 46.9 Å². The summed E-state index contributed by atoms with van der Waals surface area (Å²) in [5.74, 6) is -2.12. The molecule has 2 aromatic heterocycles. The smallest absolute Gasteiger partial charge is 0.407 e. The van der Waals surface area contributed by atoms with Crippen LogP contribution in [0.5, 0.6) is 0 Å². The van der Waals surface area contributed by atoms with Crippen LogP contribution in [0.1, 0.15) is 5.69 Å². The van der Waals surface area contributed by atoms with Crippen molar-refractivity contribution in [2.24, 2.45) is 10.6 Å². The van der Waals surface area contributed by atoms with Crippen molar-refractivity contribution < 1.29 is 33.1 Å². The highest BCUT2D eigenvalue weighted by Crippen LogP contribution is 2.44. The topological polar surface area (TPSA) is 173 Å². The molecule has 2 aliphatic rings. The van der Waals surface area contributed by atoms with Gasteiger partial charge in [0.2, 0.25) is 5.91 Å². The number of carboxylic acids is 1. The number of carboxylic acid groups (broad SMARTS) is 1. The molecular formula is C16H15F2N7O5S4. The number of oxime groups is 1. The highest BCUT2D eigenvalue weighted by molar-refractivity contribution is 8.01. The predicted molar refractivity (Wildman–Crippen MR) is 121 cm³/mol. The van der Waals surface area contributed by atoms with E-state index in [4.69, 9.17) is 5.73 Å². The number of anilines is 1. The van der Waals surface area contributed by atoms with E-state index in [1.165, 1.54) is 50.7 Å². The van der Waals surface area contributed by atoms with Crippen molar-refractivity contribution in [3.63, 3.8) is 0 Å². The Bertz CT molecular complexity index is 1120. The normalized spacial score (nSPS) is 24.5. The van der Waals surface area contributed by atoms with Crippen molar-refractivity contribution in [2.45, 2.75) is 22.4 Å². The number of nitrogens with one attached hydrogen (secondary N) is 1. The molecule has 3 atom stereocenters. The molecule has 34 heavy (non-hydrogen) atoms. The van der Waals surface area contributed by atoms with Crippen LogP contribution in [0, 0.1) is 5.41 Å². The van der Waals surface area contributed by atoms with Crippen LogP contribution in [-0.2, 0) is 19.2 Å². The summed E-state index contributed by atoms with van der Waals surface area (Å²) in [6.07, 6.45) is 0. The maximum absolute atomic E-state index is 12.8. The zero-order chi connectivity index (χ0) is 24.5. The summed E-state index contributed by atoms with van der Waals surface area (Å²) in [4.78, 5) is 46.7. The fraction of sp³-hybridized carbons (Fsp3) is 0.438. The molecule has 2 saturated heterocycles. The number of hydrogen-bond donors (Lipinski definition) is 3. The van der Waals surface area contributed by atoms with Gasteiger partial charge in [0, 0.05) is 23.4 Å². The number of rotatable bonds is 9. The Hall–Kier alpha value is -2.57. The predicted octanol–water partition coefficient (Wildman–Crippen LogP) is 0.783. The van der Waals surface area contributed by atoms with Gasteiger partial charge in [-0.25, -0.2) is 4.98 Å². The van der Waals surface area contributed by atoms with E-state index >= 15 is 0 Å². The number of aromatic nitrogens is 3. The quantitative estimate of drug-likeness (QED) is 0.174. The first-order chi connectivity index (χ1) is 16.2. The van der Waals surface area contributed by atoms with Crippen LogP contribution in [0.4, 0.5) is 13.9 Å². The average Bonchev–Trinajstić information content (AvgIpc) is 3.47. The Morgan fingerprint density at radius 3 is 2.88 bits per heavy atom. The number of thiazole rings is 1. The average molecular weight is 552 g/mol. The molecule has 0 saturated carbocycles. The number of halogens is 2. The lowest BCUT2D eigenvalue weighted by atomic mass is 9.89. The Morgan fingerprint density at radius 2 is 2.26 bits per heavy atom. The third kappa shape index (κ3) is 4.93. The first-order valence-corrected chi connectivity index (χ1v) is 13.1. The van der Waals surface area contributed by atoms with Gasteiger partial charge in [-0.05, 0) is 0 Å². The van der Waals surface area contributed by atoms with Gasteiger partial charge in [0.1, 0.15) is 28.0 Å². The molecule has 0 bridgehead atoms. The molecule has 4 N–H and O–H groups in total. The van der Waals surface area contributed by atoms with E-state index in [0.717, 1.165) is 11.3 Å². The molecule has 0 aliphatic carbocycles. The number of hydrogen-bond acceptors (Lipinski definition) is 13. The van der Waals surface area contributed by atoms with Gasteiger partial charge in [-0.1, -0.05) is 28.3 Å². The first-order valence-electron chi connectivity index (χ1n) is 9.29. The number of nitrogen functional groups attached to an aromatic ring is 1. The minimum atomic E-state index is -3.27. The van der Waals surface area contributed by atoms with Gasteiger partial charge in [0.15, 0.2) is 15.2 Å². The molecule has 2 fully saturated rings. The van der Waals surface area contributed by atoms with Crippen molar-refractivity contribution in [2.75, 3.05) is 23.8 Å². The molecule has 0 radical (unpaired) electrons. The van der Waals surface area contributed by atoms with Crippen molar-refractivity contribution in [1.29, 1.82) is 0 Å². The summed E-state index contributed by atoms with van der Waals surface area (Å²) < 4.78 is 25.6. The van der Waals surface area contributed by atoms with Crippen LogP contribution < -0.4 is 11.1 Å². The number of nitrogens with zero attached hydrogens (tertiary/aromatic N) is 5. The molecule has 18 heteroatoms. The molecule has 4 rings (SSSR count). The Labute approximate surface area is 206 Å². The number of carbonyl (C=O) groups excluding carboxylic acids is 2. The molecule has 182 valence electrons. The summed E-state index contributed by atoms with van der Waals surface area (Å²) in [6.45, 7) is -3.31. The first kappa shape index (κ1) is 24.6. The number of alkyl halides is 2. The van der Waals surface area contributed by atoms with Gasteiger partial charge < -0.3 is 25.9 Å². The Kier molecular flexibility index (Phi) is 7.20. The maximum Gasteiger partial charge on any atom is 0.407 e. The monoisotopic (exact) mass is 551 g/mol. The third-order valence-electron chi connectivity index (χ3n) is 4.90. The van der Waals surface area contributed by atoms with E-state index in [1.54, 1.807) is 0 Å². The Morgan fingerprint density at radius 1 is 1.47 bits per heavy atom. The molecule has 4 heterocycles. The van der Waals surface area contributed by atoms with Crippen LogP contribution in [0.2, 0.25) is 0 Å². The number of thioether (sulfide) groups is 2. The molecule has 0 spiro atoms. The van der Waals surface area contributed by atoms with Crippen LogP contribution in [0.15, 0.2) is 20.4 Å². The molecule has 2 aliphatic heterocycles. The zero-order valence-electron chi connectivity index (χ0n) is 16.8. The summed E-state index contributed by atoms with van der Waals surface area (Å²) in [5.41, 5.74) is 5.22. The minimum absolute atomic E-state index is 0.0466. The number of carbonyl (C=O) groups is 3. The second kappa shape index (κ2) is 9.96. The second-order valence-corrected chi connectivity index (χ2v) is 11.1. The van der Waals surface area contributed by atoms with Gasteiger partial charge in [0.05, 0.1) is 0 Å². The second-order valence-electron chi connectivity index (χ2n) is 7.07. The molecule has 2 amide bonds. The molecule has 2 aromatic rings. The number of β-lactam (4-membered cyclic amide) rings is 1. The molecular weight excluding hydrogens is 536 g/mol. The van der Waals surface area contributed by atoms with Crippen molar-refractivity contribution >= 4 is 74.8 Å². The lowest BCUT2D eigenvalue weighted by Gasteiger charge is -2.53. The SMILES string of the molecule is Nc1nc(C(=NOC(F)F)C(=O)NC2C(=O)N3CC(CSc4nncs4)(C(=O)O)CS[C@H]23)cs1. The van der Waals surface area contributed by atoms with Crippen LogP contribution in [0.3, 0.4) is 0 Å². The van der Waals surface area contributed by atoms with Crippen LogP contribution in [0.25, 0.3) is 0 Å². The van der Waals surface area contributed by atoms with E-state index in [1.807, 2.05) is 0 Å². The minimum Gasteiger partial charge on any atom is -0.481 e. The molecule has 12 nitrogen and oxygen atoms in total. The highest BCUT2D eigenvalue weighted by Gasteiger charge is 2.57. The maximum atomic E-state index is 12.8. The summed E-state index contributed by atoms with van der Waals surface area (Å²) in [6, 6.07) is -0.993. The Balaban J connectivity index is 1.43. The summed E-state index contributed by atoms with van der Waals surface area (Å²) >= 11 is 4.71. The summed E-state index contributed by atoms with van der Waals surface area (Å²) in [5, 5.41) is 24.0. The van der Waals surface area contributed by atoms with E-state index in [9.17, 15) is 28.3 Å². The number of amides is 2. The van der Waals surface area contributed by atoms with E-state index in [2.05, 4.69) is 30.5 Å². The zero-order valence-corrected chi connectivity index (χ0v) is 20.1. The van der Waals surface area contributed by atoms with Crippen LogP contribution >= 0.6 is 46.2 Å². The number of nitrogens with two attached hydrogens (primary N) is 1. The van der Waals surface area contributed by atoms with Gasteiger partial charge in [0.25, 0.3) is 5.91 Å². The van der Waals surface area contributed by atoms with Crippen molar-refractivity contribution in [3.8, 4) is 0 Å². The van der Waals surface area contributed by atoms with Gasteiger partial charge in [-0.2, -0.15) is 8.78 Å². The number of fused-ring (bicyclic) bond motifs is 1. The van der Waals surface area contributed by atoms with Gasteiger partial charge in [-0.3, -0.25) is 14.4 Å². The molecule has 2 unspecified atom stereocenters. The van der Waals surface area contributed by atoms with E-state index in [0.29, 0.717) is 4.34 Å². The number of aliphatic carboxylic acids is 1. The van der Waals surface area contributed by atoms with E-state index in [-0.39, 0.29) is 28.9 Å². The summed E-state index contributed by atoms with van der Waals surface area (Å²) in [7, 11) is 0. The lowest BCUT2D eigenvalue weighted by molar-refractivity contribution is -0.157. The fourth-order valence-corrected chi connectivity index (χ4v) is 7.13. The van der Waals surface area contributed by atoms with Crippen molar-refractivity contribution in [3.05, 3.63) is 16.6 Å². The third-order valence-corrected chi connectivity index (χ3v) is 9.31.